The van der Waals surface area contributed by atoms with Gasteiger partial charge < -0.3 is 14.2 Å². The molecule has 0 aliphatic carbocycles. The van der Waals surface area contributed by atoms with E-state index in [9.17, 15) is 4.79 Å². The fraction of sp³-hybridized carbons (Fsp3) is 0.786. The molecule has 0 fully saturated rings. The summed E-state index contributed by atoms with van der Waals surface area (Å²) in [6.45, 7) is 16.2. The Hall–Kier alpha value is -0.870. The Kier molecular flexibility index (Phi) is 6.57. The molecule has 0 aliphatic rings. The van der Waals surface area contributed by atoms with Crippen LogP contribution < -0.4 is 0 Å². The van der Waals surface area contributed by atoms with Gasteiger partial charge in [-0.2, -0.15) is 0 Å². The average molecular weight is 258 g/mol. The van der Waals surface area contributed by atoms with Crippen LogP contribution in [0.2, 0.25) is 0 Å². The largest absolute Gasteiger partial charge is 0.457 e. The third-order valence-corrected chi connectivity index (χ3v) is 1.67. The summed E-state index contributed by atoms with van der Waals surface area (Å²) in [4.78, 5) is 11.5. The first kappa shape index (κ1) is 17.1. The van der Waals surface area contributed by atoms with E-state index in [4.69, 9.17) is 14.2 Å². The van der Waals surface area contributed by atoms with Gasteiger partial charge in [-0.05, 0) is 26.2 Å². The van der Waals surface area contributed by atoms with Gasteiger partial charge in [-0.1, -0.05) is 27.4 Å². The number of esters is 1. The van der Waals surface area contributed by atoms with Crippen LogP contribution in [0.4, 0.5) is 0 Å². The van der Waals surface area contributed by atoms with E-state index in [0.29, 0.717) is 12.2 Å². The lowest BCUT2D eigenvalue weighted by Gasteiger charge is -2.20. The van der Waals surface area contributed by atoms with Crippen molar-refractivity contribution in [2.75, 3.05) is 20.0 Å². The van der Waals surface area contributed by atoms with E-state index in [0.717, 1.165) is 0 Å². The third-order valence-electron chi connectivity index (χ3n) is 1.67. The van der Waals surface area contributed by atoms with Crippen LogP contribution in [-0.4, -0.2) is 31.6 Å². The summed E-state index contributed by atoms with van der Waals surface area (Å²) >= 11 is 0. The van der Waals surface area contributed by atoms with Gasteiger partial charge in [-0.3, -0.25) is 0 Å². The van der Waals surface area contributed by atoms with E-state index < -0.39 is 11.6 Å². The molecule has 0 spiro atoms. The molecule has 4 heteroatoms. The average Bonchev–Trinajstić information content (AvgIpc) is 2.12. The number of ether oxygens (including phenoxy) is 3. The van der Waals surface area contributed by atoms with Crippen molar-refractivity contribution >= 4 is 5.97 Å². The summed E-state index contributed by atoms with van der Waals surface area (Å²) in [5, 5.41) is 0. The molecule has 0 saturated carbocycles. The van der Waals surface area contributed by atoms with Gasteiger partial charge in [0.25, 0.3) is 0 Å². The fourth-order valence-corrected chi connectivity index (χ4v) is 0.981. The molecule has 0 saturated heterocycles. The quantitative estimate of drug-likeness (QED) is 0.318. The predicted molar refractivity (Wildman–Crippen MR) is 71.2 cm³/mol. The molecule has 0 aromatic rings. The normalized spacial score (nSPS) is 12.3. The maximum Gasteiger partial charge on any atom is 0.336 e. The lowest BCUT2D eigenvalue weighted by molar-refractivity contribution is -0.151. The van der Waals surface area contributed by atoms with Crippen molar-refractivity contribution in [1.29, 1.82) is 0 Å². The summed E-state index contributed by atoms with van der Waals surface area (Å²) in [5.41, 5.74) is -0.113. The summed E-state index contributed by atoms with van der Waals surface area (Å²) in [5.74, 6) is -0.432. The van der Waals surface area contributed by atoms with Crippen LogP contribution >= 0.6 is 0 Å². The molecule has 0 heterocycles. The van der Waals surface area contributed by atoms with Crippen molar-refractivity contribution in [3.8, 4) is 0 Å². The van der Waals surface area contributed by atoms with Gasteiger partial charge in [-0.15, -0.1) is 0 Å². The Morgan fingerprint density at radius 2 is 1.61 bits per heavy atom. The molecule has 0 rings (SSSR count). The Bertz CT molecular complexity index is 281. The van der Waals surface area contributed by atoms with E-state index in [1.165, 1.54) is 0 Å². The summed E-state index contributed by atoms with van der Waals surface area (Å²) in [6, 6.07) is 0. The highest BCUT2D eigenvalue weighted by molar-refractivity contribution is 5.88. The minimum absolute atomic E-state index is 0.103. The zero-order valence-electron chi connectivity index (χ0n) is 12.5. The van der Waals surface area contributed by atoms with E-state index >= 15 is 0 Å². The number of rotatable bonds is 6. The molecule has 0 N–H and O–H groups in total. The van der Waals surface area contributed by atoms with Crippen molar-refractivity contribution in [3.05, 3.63) is 12.2 Å². The highest BCUT2D eigenvalue weighted by atomic mass is 16.7. The van der Waals surface area contributed by atoms with Crippen LogP contribution in [0.3, 0.4) is 0 Å². The SMILES string of the molecule is C=C(COCOCC(C)(C)C)C(=O)OC(C)(C)C. The Morgan fingerprint density at radius 3 is 2.06 bits per heavy atom. The first-order valence-corrected chi connectivity index (χ1v) is 6.08. The van der Waals surface area contributed by atoms with Gasteiger partial charge in [-0.25, -0.2) is 4.79 Å². The molecule has 0 radical (unpaired) electrons. The molecule has 4 nitrogen and oxygen atoms in total. The second-order valence-electron chi connectivity index (χ2n) is 6.48. The van der Waals surface area contributed by atoms with Gasteiger partial charge in [0.1, 0.15) is 12.4 Å². The zero-order chi connectivity index (χ0) is 14.4. The summed E-state index contributed by atoms with van der Waals surface area (Å²) < 4.78 is 15.7. The van der Waals surface area contributed by atoms with Gasteiger partial charge in [0.2, 0.25) is 0 Å². The maximum atomic E-state index is 11.5. The van der Waals surface area contributed by atoms with Crippen molar-refractivity contribution in [2.45, 2.75) is 47.1 Å². The highest BCUT2D eigenvalue weighted by Gasteiger charge is 2.18. The van der Waals surface area contributed by atoms with Crippen molar-refractivity contribution in [3.63, 3.8) is 0 Å². The number of hydrogen-bond acceptors (Lipinski definition) is 4. The van der Waals surface area contributed by atoms with Gasteiger partial charge in [0.05, 0.1) is 18.8 Å². The van der Waals surface area contributed by atoms with Crippen LogP contribution in [0.15, 0.2) is 12.2 Å². The van der Waals surface area contributed by atoms with Crippen molar-refractivity contribution < 1.29 is 19.0 Å². The molecule has 106 valence electrons. The van der Waals surface area contributed by atoms with Crippen LogP contribution in [0.5, 0.6) is 0 Å². The number of carbonyl (C=O) groups is 1. The lowest BCUT2D eigenvalue weighted by Crippen LogP contribution is -2.26. The van der Waals surface area contributed by atoms with Gasteiger partial charge in [0.15, 0.2) is 0 Å². The molecule has 18 heavy (non-hydrogen) atoms. The molecule has 0 aromatic carbocycles. The van der Waals surface area contributed by atoms with Crippen LogP contribution in [-0.2, 0) is 19.0 Å². The van der Waals surface area contributed by atoms with Gasteiger partial charge >= 0.3 is 5.97 Å². The zero-order valence-corrected chi connectivity index (χ0v) is 12.5. The molecule has 0 aromatic heterocycles. The Labute approximate surface area is 110 Å². The molecule has 0 unspecified atom stereocenters. The molecule has 0 aliphatic heterocycles. The standard InChI is InChI=1S/C14H26O4/c1-11(12(15)18-14(5,6)7)8-16-10-17-9-13(2,3)4/h1,8-10H2,2-7H3. The topological polar surface area (TPSA) is 44.8 Å². The number of hydrogen-bond donors (Lipinski definition) is 0. The number of carbonyl (C=O) groups excluding carboxylic acids is 1. The predicted octanol–water partition coefficient (Wildman–Crippen LogP) is 2.92. The monoisotopic (exact) mass is 258 g/mol. The smallest absolute Gasteiger partial charge is 0.336 e. The second-order valence-corrected chi connectivity index (χ2v) is 6.48. The molecular formula is C14H26O4. The summed E-state index contributed by atoms with van der Waals surface area (Å²) in [6.07, 6.45) is 0. The first-order chi connectivity index (χ1) is 8.01. The Morgan fingerprint density at radius 1 is 1.06 bits per heavy atom. The van der Waals surface area contributed by atoms with Gasteiger partial charge in [0, 0.05) is 0 Å². The van der Waals surface area contributed by atoms with Crippen LogP contribution in [0, 0.1) is 5.41 Å². The van der Waals surface area contributed by atoms with Crippen LogP contribution in [0.25, 0.3) is 0 Å². The molecule has 0 atom stereocenters. The van der Waals surface area contributed by atoms with Crippen molar-refractivity contribution in [1.82, 2.24) is 0 Å². The minimum Gasteiger partial charge on any atom is -0.457 e. The molecular weight excluding hydrogens is 232 g/mol. The van der Waals surface area contributed by atoms with E-state index in [-0.39, 0.29) is 18.8 Å². The van der Waals surface area contributed by atoms with E-state index in [1.54, 1.807) is 0 Å². The first-order valence-electron chi connectivity index (χ1n) is 6.08. The maximum absolute atomic E-state index is 11.5. The second kappa shape index (κ2) is 6.90. The molecule has 0 amide bonds. The van der Waals surface area contributed by atoms with E-state index in [1.807, 2.05) is 20.8 Å². The van der Waals surface area contributed by atoms with E-state index in [2.05, 4.69) is 27.4 Å². The fourth-order valence-electron chi connectivity index (χ4n) is 0.981. The summed E-state index contributed by atoms with van der Waals surface area (Å²) in [7, 11) is 0. The highest BCUT2D eigenvalue weighted by Crippen LogP contribution is 2.13. The minimum atomic E-state index is -0.511. The molecule has 0 bridgehead atoms. The Balaban J connectivity index is 3.75. The lowest BCUT2D eigenvalue weighted by atomic mass is 9.99. The van der Waals surface area contributed by atoms with Crippen LogP contribution in [0.1, 0.15) is 41.5 Å². The van der Waals surface area contributed by atoms with Crippen molar-refractivity contribution in [2.24, 2.45) is 5.41 Å². The third kappa shape index (κ3) is 10.3.